The molecule has 2 amide bonds. The van der Waals surface area contributed by atoms with Gasteiger partial charge >= 0.3 is 6.03 Å². The predicted octanol–water partition coefficient (Wildman–Crippen LogP) is 2.94. The van der Waals surface area contributed by atoms with Crippen LogP contribution in [0.2, 0.25) is 0 Å². The van der Waals surface area contributed by atoms with E-state index in [1.54, 1.807) is 7.11 Å². The van der Waals surface area contributed by atoms with E-state index in [1.165, 1.54) is 0 Å². The van der Waals surface area contributed by atoms with Gasteiger partial charge in [-0.3, -0.25) is 0 Å². The molecule has 0 atom stereocenters. The fourth-order valence-electron chi connectivity index (χ4n) is 1.92. The zero-order valence-corrected chi connectivity index (χ0v) is 11.9. The van der Waals surface area contributed by atoms with Crippen LogP contribution in [0.15, 0.2) is 48.5 Å². The summed E-state index contributed by atoms with van der Waals surface area (Å²) in [6.45, 7) is 0.996. The maximum Gasteiger partial charge on any atom is 0.323 e. The van der Waals surface area contributed by atoms with Crippen LogP contribution in [0.4, 0.5) is 16.2 Å². The van der Waals surface area contributed by atoms with E-state index in [9.17, 15) is 4.79 Å². The maximum atomic E-state index is 11.9. The quantitative estimate of drug-likeness (QED) is 0.790. The van der Waals surface area contributed by atoms with Crippen LogP contribution in [-0.2, 0) is 17.9 Å². The second-order valence-electron chi connectivity index (χ2n) is 4.61. The molecule has 2 aromatic carbocycles. The minimum Gasteiger partial charge on any atom is -0.380 e. The highest BCUT2D eigenvalue weighted by Crippen LogP contribution is 2.13. The molecule has 0 heterocycles. The van der Waals surface area contributed by atoms with Gasteiger partial charge in [-0.05, 0) is 35.4 Å². The highest BCUT2D eigenvalue weighted by molar-refractivity contribution is 5.99. The molecular formula is C16H19N3O2. The fourth-order valence-corrected chi connectivity index (χ4v) is 1.92. The zero-order chi connectivity index (χ0) is 15.1. The van der Waals surface area contributed by atoms with Gasteiger partial charge in [0.25, 0.3) is 0 Å². The Morgan fingerprint density at radius 2 is 1.76 bits per heavy atom. The predicted molar refractivity (Wildman–Crippen MR) is 84.1 cm³/mol. The minimum atomic E-state index is -0.287. The van der Waals surface area contributed by atoms with Crippen LogP contribution in [0.5, 0.6) is 0 Å². The van der Waals surface area contributed by atoms with Crippen molar-refractivity contribution < 1.29 is 9.53 Å². The molecule has 0 aliphatic heterocycles. The summed E-state index contributed by atoms with van der Waals surface area (Å²) in [6, 6.07) is 14.6. The van der Waals surface area contributed by atoms with Crippen molar-refractivity contribution in [2.45, 2.75) is 13.2 Å². The summed E-state index contributed by atoms with van der Waals surface area (Å²) in [7, 11) is 1.64. The van der Waals surface area contributed by atoms with Crippen LogP contribution in [-0.4, -0.2) is 13.1 Å². The number of carbonyl (C=O) groups is 1. The molecule has 5 heteroatoms. The number of methoxy groups -OCH3 is 1. The lowest BCUT2D eigenvalue weighted by molar-refractivity contribution is 0.185. The van der Waals surface area contributed by atoms with Crippen molar-refractivity contribution in [2.75, 3.05) is 17.7 Å². The lowest BCUT2D eigenvalue weighted by atomic mass is 10.2. The van der Waals surface area contributed by atoms with E-state index in [0.29, 0.717) is 13.2 Å². The lowest BCUT2D eigenvalue weighted by Gasteiger charge is -2.09. The Kier molecular flexibility index (Phi) is 5.31. The van der Waals surface area contributed by atoms with Gasteiger partial charge in [-0.15, -0.1) is 0 Å². The van der Waals surface area contributed by atoms with Gasteiger partial charge in [-0.1, -0.05) is 24.3 Å². The average molecular weight is 285 g/mol. The van der Waals surface area contributed by atoms with Gasteiger partial charge in [0, 0.05) is 25.0 Å². The molecular weight excluding hydrogens is 266 g/mol. The van der Waals surface area contributed by atoms with Gasteiger partial charge in [-0.25, -0.2) is 4.79 Å². The third kappa shape index (κ3) is 4.59. The topological polar surface area (TPSA) is 76.4 Å². The summed E-state index contributed by atoms with van der Waals surface area (Å²) < 4.78 is 5.07. The molecule has 0 aliphatic rings. The largest absolute Gasteiger partial charge is 0.380 e. The molecule has 0 fully saturated rings. The highest BCUT2D eigenvalue weighted by atomic mass is 16.5. The summed E-state index contributed by atoms with van der Waals surface area (Å²) in [6.07, 6.45) is 0. The van der Waals surface area contributed by atoms with Crippen molar-refractivity contribution in [2.24, 2.45) is 5.73 Å². The summed E-state index contributed by atoms with van der Waals surface area (Å²) >= 11 is 0. The number of anilines is 2. The maximum absolute atomic E-state index is 11.9. The Morgan fingerprint density at radius 1 is 1.05 bits per heavy atom. The Hall–Kier alpha value is -2.37. The Labute approximate surface area is 124 Å². The number of carbonyl (C=O) groups excluding carboxylic acids is 1. The first-order valence-corrected chi connectivity index (χ1v) is 6.66. The Morgan fingerprint density at radius 3 is 2.43 bits per heavy atom. The van der Waals surface area contributed by atoms with Gasteiger partial charge in [0.15, 0.2) is 0 Å². The van der Waals surface area contributed by atoms with Crippen LogP contribution in [0, 0.1) is 0 Å². The molecule has 0 saturated carbocycles. The lowest BCUT2D eigenvalue weighted by Crippen LogP contribution is -2.19. The van der Waals surface area contributed by atoms with Crippen molar-refractivity contribution in [3.05, 3.63) is 59.7 Å². The minimum absolute atomic E-state index is 0.287. The van der Waals surface area contributed by atoms with E-state index in [2.05, 4.69) is 10.6 Å². The SMILES string of the molecule is COCc1cccc(NC(=O)Nc2ccc(CN)cc2)c1. The summed E-state index contributed by atoms with van der Waals surface area (Å²) in [5.41, 5.74) is 9.00. The smallest absolute Gasteiger partial charge is 0.323 e. The number of rotatable bonds is 5. The zero-order valence-electron chi connectivity index (χ0n) is 11.9. The van der Waals surface area contributed by atoms with E-state index in [-0.39, 0.29) is 6.03 Å². The van der Waals surface area contributed by atoms with Crippen LogP contribution >= 0.6 is 0 Å². The fraction of sp³-hybridized carbons (Fsp3) is 0.188. The molecule has 0 aliphatic carbocycles. The van der Waals surface area contributed by atoms with Crippen LogP contribution in [0.25, 0.3) is 0 Å². The summed E-state index contributed by atoms with van der Waals surface area (Å²) in [5, 5.41) is 5.56. The van der Waals surface area contributed by atoms with Gasteiger partial charge < -0.3 is 21.1 Å². The number of benzene rings is 2. The number of hydrogen-bond donors (Lipinski definition) is 3. The molecule has 2 aromatic rings. The Balaban J connectivity index is 1.95. The summed E-state index contributed by atoms with van der Waals surface area (Å²) in [5.74, 6) is 0. The van der Waals surface area contributed by atoms with E-state index < -0.39 is 0 Å². The monoisotopic (exact) mass is 285 g/mol. The third-order valence-electron chi connectivity index (χ3n) is 2.94. The number of nitrogens with two attached hydrogens (primary N) is 1. The molecule has 0 spiro atoms. The average Bonchev–Trinajstić information content (AvgIpc) is 2.48. The molecule has 0 radical (unpaired) electrons. The highest BCUT2D eigenvalue weighted by Gasteiger charge is 2.03. The van der Waals surface area contributed by atoms with Crippen molar-refractivity contribution in [1.29, 1.82) is 0 Å². The first kappa shape index (κ1) is 15.0. The molecule has 110 valence electrons. The van der Waals surface area contributed by atoms with E-state index in [0.717, 1.165) is 22.5 Å². The van der Waals surface area contributed by atoms with Gasteiger partial charge in [0.2, 0.25) is 0 Å². The standard InChI is InChI=1S/C16H19N3O2/c1-21-11-13-3-2-4-15(9-13)19-16(20)18-14-7-5-12(10-17)6-8-14/h2-9H,10-11,17H2,1H3,(H2,18,19,20). The van der Waals surface area contributed by atoms with Gasteiger partial charge in [-0.2, -0.15) is 0 Å². The van der Waals surface area contributed by atoms with E-state index >= 15 is 0 Å². The molecule has 0 saturated heterocycles. The molecule has 21 heavy (non-hydrogen) atoms. The molecule has 0 aromatic heterocycles. The van der Waals surface area contributed by atoms with Crippen molar-refractivity contribution in [3.8, 4) is 0 Å². The normalized spacial score (nSPS) is 10.2. The number of amides is 2. The number of urea groups is 1. The molecule has 0 unspecified atom stereocenters. The second kappa shape index (κ2) is 7.42. The number of ether oxygens (including phenoxy) is 1. The van der Waals surface area contributed by atoms with Crippen LogP contribution in [0.1, 0.15) is 11.1 Å². The van der Waals surface area contributed by atoms with Crippen LogP contribution in [0.3, 0.4) is 0 Å². The number of nitrogens with one attached hydrogen (secondary N) is 2. The van der Waals surface area contributed by atoms with E-state index in [4.69, 9.17) is 10.5 Å². The first-order chi connectivity index (χ1) is 10.2. The number of hydrogen-bond acceptors (Lipinski definition) is 3. The Bertz CT molecular complexity index is 597. The first-order valence-electron chi connectivity index (χ1n) is 6.66. The van der Waals surface area contributed by atoms with Crippen molar-refractivity contribution in [1.82, 2.24) is 0 Å². The van der Waals surface area contributed by atoms with Crippen molar-refractivity contribution >= 4 is 17.4 Å². The van der Waals surface area contributed by atoms with Gasteiger partial charge in [0.1, 0.15) is 0 Å². The molecule has 0 bridgehead atoms. The van der Waals surface area contributed by atoms with E-state index in [1.807, 2.05) is 48.5 Å². The van der Waals surface area contributed by atoms with Crippen molar-refractivity contribution in [3.63, 3.8) is 0 Å². The second-order valence-corrected chi connectivity index (χ2v) is 4.61. The summed E-state index contributed by atoms with van der Waals surface area (Å²) in [4.78, 5) is 11.9. The molecule has 2 rings (SSSR count). The molecule has 5 nitrogen and oxygen atoms in total. The third-order valence-corrected chi connectivity index (χ3v) is 2.94. The van der Waals surface area contributed by atoms with Gasteiger partial charge in [0.05, 0.1) is 6.61 Å². The molecule has 4 N–H and O–H groups in total. The van der Waals surface area contributed by atoms with Crippen LogP contribution < -0.4 is 16.4 Å².